The van der Waals surface area contributed by atoms with E-state index in [9.17, 15) is 0 Å². The predicted molar refractivity (Wildman–Crippen MR) is 101 cm³/mol. The van der Waals surface area contributed by atoms with Gasteiger partial charge in [0, 0.05) is 18.2 Å². The van der Waals surface area contributed by atoms with Crippen LogP contribution >= 0.6 is 0 Å². The lowest BCUT2D eigenvalue weighted by Gasteiger charge is -2.07. The maximum absolute atomic E-state index is 4.65. The van der Waals surface area contributed by atoms with Crippen LogP contribution in [-0.4, -0.2) is 9.78 Å². The molecule has 0 atom stereocenters. The minimum absolute atomic E-state index is 1.11. The van der Waals surface area contributed by atoms with Gasteiger partial charge in [-0.1, -0.05) is 67.1 Å². The lowest BCUT2D eigenvalue weighted by Crippen LogP contribution is -1.96. The lowest BCUT2D eigenvalue weighted by molar-refractivity contribution is 0.677. The van der Waals surface area contributed by atoms with Crippen molar-refractivity contribution >= 4 is 0 Å². The molecule has 1 aromatic heterocycles. The molecule has 0 N–H and O–H groups in total. The Balaban J connectivity index is 1.59. The molecular formula is C22H26N2. The quantitative estimate of drug-likeness (QED) is 0.537. The average Bonchev–Trinajstić information content (AvgIpc) is 2.90. The summed E-state index contributed by atoms with van der Waals surface area (Å²) in [7, 11) is 2.05. The second kappa shape index (κ2) is 7.96. The highest BCUT2D eigenvalue weighted by molar-refractivity contribution is 5.64. The maximum atomic E-state index is 4.65. The van der Waals surface area contributed by atoms with Gasteiger partial charge in [-0.3, -0.25) is 4.68 Å². The van der Waals surface area contributed by atoms with Crippen LogP contribution in [0.15, 0.2) is 60.7 Å². The molecule has 2 nitrogen and oxygen atoms in total. The number of aromatic nitrogens is 2. The summed E-state index contributed by atoms with van der Waals surface area (Å²) in [4.78, 5) is 0. The highest BCUT2D eigenvalue weighted by Gasteiger charge is 2.14. The van der Waals surface area contributed by atoms with Crippen molar-refractivity contribution in [3.63, 3.8) is 0 Å². The lowest BCUT2D eigenvalue weighted by atomic mass is 9.99. The molecule has 0 unspecified atom stereocenters. The summed E-state index contributed by atoms with van der Waals surface area (Å²) in [6.07, 6.45) is 6.03. The van der Waals surface area contributed by atoms with Crippen LogP contribution in [0.4, 0.5) is 0 Å². The van der Waals surface area contributed by atoms with E-state index in [4.69, 9.17) is 0 Å². The van der Waals surface area contributed by atoms with Crippen LogP contribution in [0.1, 0.15) is 36.1 Å². The second-order valence-corrected chi connectivity index (χ2v) is 6.45. The maximum Gasteiger partial charge on any atom is 0.0713 e. The molecule has 0 saturated heterocycles. The Bertz CT molecular complexity index is 757. The molecule has 3 aromatic rings. The number of hydrogen-bond acceptors (Lipinski definition) is 1. The average molecular weight is 318 g/mol. The number of benzene rings is 2. The first-order chi connectivity index (χ1) is 11.8. The Morgan fingerprint density at radius 3 is 2.12 bits per heavy atom. The van der Waals surface area contributed by atoms with Crippen molar-refractivity contribution in [2.75, 3.05) is 0 Å². The van der Waals surface area contributed by atoms with Crippen molar-refractivity contribution in [1.82, 2.24) is 9.78 Å². The summed E-state index contributed by atoms with van der Waals surface area (Å²) in [6, 6.07) is 21.4. The highest BCUT2D eigenvalue weighted by Crippen LogP contribution is 2.27. The fraction of sp³-hybridized carbons (Fsp3) is 0.318. The van der Waals surface area contributed by atoms with E-state index in [1.165, 1.54) is 53.8 Å². The third kappa shape index (κ3) is 3.94. The van der Waals surface area contributed by atoms with Gasteiger partial charge in [-0.2, -0.15) is 5.10 Å². The Kier molecular flexibility index (Phi) is 5.47. The normalized spacial score (nSPS) is 10.9. The Morgan fingerprint density at radius 1 is 0.792 bits per heavy atom. The Morgan fingerprint density at radius 2 is 1.42 bits per heavy atom. The van der Waals surface area contributed by atoms with E-state index < -0.39 is 0 Å². The van der Waals surface area contributed by atoms with Gasteiger partial charge in [-0.05, 0) is 38.2 Å². The van der Waals surface area contributed by atoms with Crippen LogP contribution in [0, 0.1) is 6.92 Å². The van der Waals surface area contributed by atoms with E-state index >= 15 is 0 Å². The van der Waals surface area contributed by atoms with E-state index in [2.05, 4.69) is 72.7 Å². The van der Waals surface area contributed by atoms with Gasteiger partial charge in [0.15, 0.2) is 0 Å². The van der Waals surface area contributed by atoms with E-state index in [1.54, 1.807) is 0 Å². The summed E-state index contributed by atoms with van der Waals surface area (Å²) in [6.45, 7) is 2.13. The summed E-state index contributed by atoms with van der Waals surface area (Å²) in [5.41, 5.74) is 6.55. The third-order valence-electron chi connectivity index (χ3n) is 4.63. The number of aryl methyl sites for hydroxylation is 3. The molecule has 2 aromatic carbocycles. The molecule has 0 spiro atoms. The molecule has 0 fully saturated rings. The standard InChI is InChI=1S/C22H26N2/c1-18-21(17-11-4-8-14-19-12-6-3-7-13-19)22(24(2)23-18)20-15-9-5-10-16-20/h3,5-7,9-10,12-13,15-16H,4,8,11,14,17H2,1-2H3. The van der Waals surface area contributed by atoms with Gasteiger partial charge in [0.1, 0.15) is 0 Å². The van der Waals surface area contributed by atoms with E-state index in [0.717, 1.165) is 6.42 Å². The number of hydrogen-bond donors (Lipinski definition) is 0. The molecule has 0 aliphatic rings. The fourth-order valence-electron chi connectivity index (χ4n) is 3.41. The van der Waals surface area contributed by atoms with Crippen LogP contribution in [-0.2, 0) is 19.9 Å². The number of rotatable bonds is 7. The van der Waals surface area contributed by atoms with Crippen molar-refractivity contribution in [2.24, 2.45) is 7.05 Å². The Labute approximate surface area is 145 Å². The molecule has 1 heterocycles. The first-order valence-electron chi connectivity index (χ1n) is 8.87. The molecule has 0 radical (unpaired) electrons. The van der Waals surface area contributed by atoms with Crippen LogP contribution < -0.4 is 0 Å². The number of unbranched alkanes of at least 4 members (excludes halogenated alkanes) is 2. The summed E-state index contributed by atoms with van der Waals surface area (Å²) in [5, 5.41) is 4.65. The van der Waals surface area contributed by atoms with Crippen molar-refractivity contribution in [3.05, 3.63) is 77.5 Å². The third-order valence-corrected chi connectivity index (χ3v) is 4.63. The molecular weight excluding hydrogens is 292 g/mol. The van der Waals surface area contributed by atoms with E-state index in [1.807, 2.05) is 11.7 Å². The second-order valence-electron chi connectivity index (χ2n) is 6.45. The van der Waals surface area contributed by atoms with Crippen LogP contribution in [0.3, 0.4) is 0 Å². The molecule has 0 bridgehead atoms. The predicted octanol–water partition coefficient (Wildman–Crippen LogP) is 5.35. The summed E-state index contributed by atoms with van der Waals surface area (Å²) in [5.74, 6) is 0. The topological polar surface area (TPSA) is 17.8 Å². The van der Waals surface area contributed by atoms with Gasteiger partial charge in [0.25, 0.3) is 0 Å². The highest BCUT2D eigenvalue weighted by atomic mass is 15.3. The SMILES string of the molecule is Cc1nn(C)c(-c2ccccc2)c1CCCCCc1ccccc1. The zero-order valence-corrected chi connectivity index (χ0v) is 14.7. The molecule has 0 aliphatic heterocycles. The van der Waals surface area contributed by atoms with Crippen LogP contribution in [0.2, 0.25) is 0 Å². The van der Waals surface area contributed by atoms with Crippen LogP contribution in [0.5, 0.6) is 0 Å². The molecule has 2 heteroatoms. The smallest absolute Gasteiger partial charge is 0.0713 e. The van der Waals surface area contributed by atoms with Crippen molar-refractivity contribution < 1.29 is 0 Å². The number of nitrogens with zero attached hydrogens (tertiary/aromatic N) is 2. The Hall–Kier alpha value is -2.35. The monoisotopic (exact) mass is 318 g/mol. The molecule has 124 valence electrons. The van der Waals surface area contributed by atoms with Gasteiger partial charge in [-0.15, -0.1) is 0 Å². The zero-order valence-electron chi connectivity index (χ0n) is 14.7. The van der Waals surface area contributed by atoms with Crippen molar-refractivity contribution in [3.8, 4) is 11.3 Å². The first-order valence-corrected chi connectivity index (χ1v) is 8.87. The molecule has 0 amide bonds. The minimum Gasteiger partial charge on any atom is -0.267 e. The minimum atomic E-state index is 1.11. The van der Waals surface area contributed by atoms with Gasteiger partial charge in [0.2, 0.25) is 0 Å². The summed E-state index contributed by atoms with van der Waals surface area (Å²) < 4.78 is 2.03. The molecule has 0 aliphatic carbocycles. The summed E-state index contributed by atoms with van der Waals surface area (Å²) >= 11 is 0. The van der Waals surface area contributed by atoms with Crippen molar-refractivity contribution in [1.29, 1.82) is 0 Å². The first kappa shape index (κ1) is 16.5. The molecule has 24 heavy (non-hydrogen) atoms. The molecule has 0 saturated carbocycles. The van der Waals surface area contributed by atoms with E-state index in [0.29, 0.717) is 0 Å². The zero-order chi connectivity index (χ0) is 16.8. The van der Waals surface area contributed by atoms with Gasteiger partial charge in [-0.25, -0.2) is 0 Å². The molecule has 3 rings (SSSR count). The fourth-order valence-corrected chi connectivity index (χ4v) is 3.41. The van der Waals surface area contributed by atoms with Gasteiger partial charge >= 0.3 is 0 Å². The van der Waals surface area contributed by atoms with Crippen LogP contribution in [0.25, 0.3) is 11.3 Å². The van der Waals surface area contributed by atoms with E-state index in [-0.39, 0.29) is 0 Å². The van der Waals surface area contributed by atoms with Gasteiger partial charge < -0.3 is 0 Å². The van der Waals surface area contributed by atoms with Gasteiger partial charge in [0.05, 0.1) is 11.4 Å². The largest absolute Gasteiger partial charge is 0.267 e. The van der Waals surface area contributed by atoms with Crippen molar-refractivity contribution in [2.45, 2.75) is 39.0 Å².